The van der Waals surface area contributed by atoms with Crippen LogP contribution in [0.25, 0.3) is 0 Å². The second kappa shape index (κ2) is 7.79. The Balaban J connectivity index is 1.40. The highest BCUT2D eigenvalue weighted by atomic mass is 32.2. The van der Waals surface area contributed by atoms with Crippen molar-refractivity contribution in [3.63, 3.8) is 0 Å². The Labute approximate surface area is 161 Å². The molecule has 2 N–H and O–H groups in total. The number of carbonyl (C=O) groups is 1. The number of aryl methyl sites for hydroxylation is 2. The molecule has 0 bridgehead atoms. The largest absolute Gasteiger partial charge is 0.330 e. The first-order valence-electron chi connectivity index (χ1n) is 9.93. The second-order valence-corrected chi connectivity index (χ2v) is 8.94. The molecule has 0 aromatic heterocycles. The summed E-state index contributed by atoms with van der Waals surface area (Å²) in [7, 11) is 4.22. The Morgan fingerprint density at radius 2 is 1.85 bits per heavy atom. The molecule has 1 atom stereocenters. The van der Waals surface area contributed by atoms with Crippen molar-refractivity contribution in [3.05, 3.63) is 28.3 Å². The van der Waals surface area contributed by atoms with Gasteiger partial charge in [0.25, 0.3) is 0 Å². The molecule has 0 spiro atoms. The summed E-state index contributed by atoms with van der Waals surface area (Å²) in [6, 6.07) is 2.83. The van der Waals surface area contributed by atoms with Crippen LogP contribution < -0.4 is 10.0 Å². The van der Waals surface area contributed by atoms with Crippen LogP contribution in [-0.4, -0.2) is 48.5 Å². The Hall–Kier alpha value is -1.24. The number of carbonyl (C=O) groups excluding carboxylic acids is 1. The highest BCUT2D eigenvalue weighted by Gasteiger charge is 2.27. The maximum Gasteiger partial charge on any atom is 0.330 e. The average Bonchev–Trinajstić information content (AvgIpc) is 3.32. The van der Waals surface area contributed by atoms with E-state index in [2.05, 4.69) is 39.4 Å². The van der Waals surface area contributed by atoms with Gasteiger partial charge in [0.1, 0.15) is 0 Å². The Morgan fingerprint density at radius 1 is 1.15 bits per heavy atom. The van der Waals surface area contributed by atoms with Crippen LogP contribution in [0.5, 0.6) is 0 Å². The van der Waals surface area contributed by atoms with Crippen LogP contribution in [0.15, 0.2) is 6.07 Å². The molecule has 5 nitrogen and oxygen atoms in total. The summed E-state index contributed by atoms with van der Waals surface area (Å²) in [5, 5.41) is 3.21. The Bertz CT molecular complexity index is 659. The smallest absolute Gasteiger partial charge is 0.308 e. The summed E-state index contributed by atoms with van der Waals surface area (Å²) in [5.41, 5.74) is 6.81. The number of urea groups is 1. The quantitative estimate of drug-likeness (QED) is 0.776. The lowest BCUT2D eigenvalue weighted by Gasteiger charge is -2.25. The number of rotatable bonds is 5. The van der Waals surface area contributed by atoms with Gasteiger partial charge < -0.3 is 10.2 Å². The number of hydrogen-bond acceptors (Lipinski definition) is 4. The van der Waals surface area contributed by atoms with Crippen molar-refractivity contribution < 1.29 is 4.79 Å². The van der Waals surface area contributed by atoms with E-state index in [9.17, 15) is 4.79 Å². The predicted octanol–water partition coefficient (Wildman–Crippen LogP) is 3.37. The summed E-state index contributed by atoms with van der Waals surface area (Å²) < 4.78 is 5.35. The minimum absolute atomic E-state index is 0.0834. The lowest BCUT2D eigenvalue weighted by atomic mass is 9.99. The van der Waals surface area contributed by atoms with Gasteiger partial charge in [0, 0.05) is 37.0 Å². The SMILES string of the molecule is CN(C)CC1CCCN1SNC(=O)Nc1c2c(cc3c1CCC3)CCC2. The molecular formula is C20H30N4OS. The molecule has 4 rings (SSSR count). The van der Waals surface area contributed by atoms with E-state index < -0.39 is 0 Å². The summed E-state index contributed by atoms with van der Waals surface area (Å²) in [4.78, 5) is 14.8. The lowest BCUT2D eigenvalue weighted by Crippen LogP contribution is -2.37. The van der Waals surface area contributed by atoms with E-state index in [4.69, 9.17) is 0 Å². The third-order valence-electron chi connectivity index (χ3n) is 5.87. The molecule has 1 heterocycles. The van der Waals surface area contributed by atoms with Gasteiger partial charge in [-0.15, -0.1) is 0 Å². The van der Waals surface area contributed by atoms with E-state index in [0.29, 0.717) is 6.04 Å². The van der Waals surface area contributed by atoms with Crippen LogP contribution in [0, 0.1) is 0 Å². The first-order valence-corrected chi connectivity index (χ1v) is 10.7. The number of nitrogens with one attached hydrogen (secondary N) is 2. The van der Waals surface area contributed by atoms with Crippen molar-refractivity contribution in [1.82, 2.24) is 13.9 Å². The molecule has 26 heavy (non-hydrogen) atoms. The monoisotopic (exact) mass is 374 g/mol. The van der Waals surface area contributed by atoms with Crippen molar-refractivity contribution >= 4 is 23.9 Å². The molecule has 6 heteroatoms. The normalized spacial score (nSPS) is 21.9. The number of nitrogens with zero attached hydrogens (tertiary/aromatic N) is 2. The molecule has 2 aliphatic carbocycles. The topological polar surface area (TPSA) is 47.6 Å². The zero-order chi connectivity index (χ0) is 18.1. The number of hydrogen-bond donors (Lipinski definition) is 2. The average molecular weight is 375 g/mol. The van der Waals surface area contributed by atoms with E-state index in [-0.39, 0.29) is 6.03 Å². The van der Waals surface area contributed by atoms with E-state index in [1.54, 1.807) is 0 Å². The van der Waals surface area contributed by atoms with Gasteiger partial charge >= 0.3 is 6.03 Å². The zero-order valence-electron chi connectivity index (χ0n) is 15.9. The summed E-state index contributed by atoms with van der Waals surface area (Å²) in [6.07, 6.45) is 9.35. The first-order chi connectivity index (χ1) is 12.6. The fraction of sp³-hybridized carbons (Fsp3) is 0.650. The van der Waals surface area contributed by atoms with Crippen molar-refractivity contribution in [2.24, 2.45) is 0 Å². The molecule has 1 unspecified atom stereocenters. The van der Waals surface area contributed by atoms with Crippen LogP contribution in [0.3, 0.4) is 0 Å². The van der Waals surface area contributed by atoms with E-state index in [1.807, 2.05) is 0 Å². The third kappa shape index (κ3) is 3.73. The lowest BCUT2D eigenvalue weighted by molar-refractivity contribution is 0.256. The predicted molar refractivity (Wildman–Crippen MR) is 109 cm³/mol. The molecule has 142 valence electrons. The van der Waals surface area contributed by atoms with Gasteiger partial charge in [-0.1, -0.05) is 6.07 Å². The first kappa shape index (κ1) is 18.1. The van der Waals surface area contributed by atoms with E-state index >= 15 is 0 Å². The maximum absolute atomic E-state index is 12.6. The summed E-state index contributed by atoms with van der Waals surface area (Å²) >= 11 is 1.47. The van der Waals surface area contributed by atoms with Crippen LogP contribution in [0.2, 0.25) is 0 Å². The van der Waals surface area contributed by atoms with Crippen LogP contribution in [0.4, 0.5) is 10.5 Å². The standard InChI is InChI=1S/C20H30N4OS/c1-23(2)13-16-8-5-11-24(16)26-22-20(25)21-19-17-9-3-6-14(17)12-15-7-4-10-18(15)19/h12,16H,3-11,13H2,1-2H3,(H2,21,22,25). The fourth-order valence-corrected chi connectivity index (χ4v) is 5.53. The maximum atomic E-state index is 12.6. The Kier molecular flexibility index (Phi) is 5.43. The molecule has 3 aliphatic rings. The van der Waals surface area contributed by atoms with Crippen molar-refractivity contribution in [1.29, 1.82) is 0 Å². The molecule has 1 aromatic carbocycles. The van der Waals surface area contributed by atoms with Crippen LogP contribution >= 0.6 is 12.1 Å². The molecular weight excluding hydrogens is 344 g/mol. The molecule has 1 aromatic rings. The van der Waals surface area contributed by atoms with Gasteiger partial charge in [0.2, 0.25) is 0 Å². The van der Waals surface area contributed by atoms with Gasteiger partial charge in [-0.05, 0) is 87.7 Å². The molecule has 1 saturated heterocycles. The summed E-state index contributed by atoms with van der Waals surface area (Å²) in [5.74, 6) is 0. The summed E-state index contributed by atoms with van der Waals surface area (Å²) in [6.45, 7) is 2.08. The van der Waals surface area contributed by atoms with Crippen molar-refractivity contribution in [3.8, 4) is 0 Å². The number of amides is 2. The van der Waals surface area contributed by atoms with E-state index in [0.717, 1.165) is 44.5 Å². The van der Waals surface area contributed by atoms with Crippen LogP contribution in [0.1, 0.15) is 47.9 Å². The molecule has 0 saturated carbocycles. The highest BCUT2D eigenvalue weighted by Crippen LogP contribution is 2.38. The highest BCUT2D eigenvalue weighted by molar-refractivity contribution is 7.95. The van der Waals surface area contributed by atoms with Crippen LogP contribution in [-0.2, 0) is 25.7 Å². The van der Waals surface area contributed by atoms with Crippen molar-refractivity contribution in [2.75, 3.05) is 32.5 Å². The fourth-order valence-electron chi connectivity index (χ4n) is 4.74. The molecule has 2 amide bonds. The number of anilines is 1. The number of likely N-dealkylation sites (N-methyl/N-ethyl adjacent to an activating group) is 1. The van der Waals surface area contributed by atoms with Gasteiger partial charge in [-0.25, -0.2) is 9.10 Å². The van der Waals surface area contributed by atoms with E-state index in [1.165, 1.54) is 60.1 Å². The minimum Gasteiger partial charge on any atom is -0.308 e. The van der Waals surface area contributed by atoms with Gasteiger partial charge in [0.05, 0.1) is 0 Å². The number of fused-ring (bicyclic) bond motifs is 2. The van der Waals surface area contributed by atoms with Gasteiger partial charge in [-0.2, -0.15) is 0 Å². The molecule has 1 fully saturated rings. The third-order valence-corrected chi connectivity index (χ3v) is 6.86. The van der Waals surface area contributed by atoms with Gasteiger partial charge in [0.15, 0.2) is 0 Å². The van der Waals surface area contributed by atoms with Gasteiger partial charge in [-0.3, -0.25) is 4.72 Å². The van der Waals surface area contributed by atoms with Crippen molar-refractivity contribution in [2.45, 2.75) is 57.4 Å². The second-order valence-electron chi connectivity index (χ2n) is 8.08. The molecule has 1 aliphatic heterocycles. The molecule has 0 radical (unpaired) electrons. The number of benzene rings is 1. The zero-order valence-corrected chi connectivity index (χ0v) is 16.8. The minimum atomic E-state index is -0.0834. The Morgan fingerprint density at radius 3 is 2.50 bits per heavy atom.